The number of benzene rings is 2. The van der Waals surface area contributed by atoms with E-state index in [9.17, 15) is 9.59 Å². The molecular weight excluding hydrogens is 442 g/mol. The molecule has 2 aromatic heterocycles. The van der Waals surface area contributed by atoms with Crippen molar-refractivity contribution in [3.63, 3.8) is 0 Å². The first-order valence-electron chi connectivity index (χ1n) is 10.3. The fraction of sp³-hybridized carbons (Fsp3) is 0.208. The zero-order chi connectivity index (χ0) is 22.5. The van der Waals surface area contributed by atoms with Gasteiger partial charge in [0.2, 0.25) is 0 Å². The molecule has 2 aromatic carbocycles. The maximum Gasteiger partial charge on any atom is 0.291 e. The number of fused-ring (bicyclic) bond motifs is 1. The molecule has 0 saturated carbocycles. The van der Waals surface area contributed by atoms with Crippen LogP contribution in [0.25, 0.3) is 11.0 Å². The van der Waals surface area contributed by atoms with Crippen molar-refractivity contribution in [2.75, 3.05) is 11.9 Å². The van der Waals surface area contributed by atoms with Gasteiger partial charge in [-0.3, -0.25) is 9.59 Å². The van der Waals surface area contributed by atoms with Crippen LogP contribution < -0.4 is 10.6 Å². The summed E-state index contributed by atoms with van der Waals surface area (Å²) >= 11 is 3.17. The summed E-state index contributed by atoms with van der Waals surface area (Å²) in [7, 11) is 0. The van der Waals surface area contributed by atoms with E-state index in [-0.39, 0.29) is 17.6 Å². The van der Waals surface area contributed by atoms with Gasteiger partial charge in [0.05, 0.1) is 0 Å². The number of thiazole rings is 1. The highest BCUT2D eigenvalue weighted by atomic mass is 32.2. The van der Waals surface area contributed by atoms with Gasteiger partial charge in [-0.25, -0.2) is 4.98 Å². The molecule has 0 bridgehead atoms. The Morgan fingerprint density at radius 1 is 1.12 bits per heavy atom. The van der Waals surface area contributed by atoms with Crippen molar-refractivity contribution >= 4 is 51.6 Å². The van der Waals surface area contributed by atoms with Crippen molar-refractivity contribution in [3.8, 4) is 0 Å². The van der Waals surface area contributed by atoms with Crippen molar-refractivity contribution in [2.45, 2.75) is 30.4 Å². The molecule has 4 rings (SSSR count). The third kappa shape index (κ3) is 5.03. The number of nitrogens with one attached hydrogen (secondary N) is 2. The SMILES string of the molecule is CCCNC(=O)c1cccc(NC(=O)c2oc3ccccc3c2CSc2nc(C)cs2)c1. The van der Waals surface area contributed by atoms with Crippen molar-refractivity contribution in [2.24, 2.45) is 0 Å². The summed E-state index contributed by atoms with van der Waals surface area (Å²) in [6, 6.07) is 14.5. The molecule has 4 aromatic rings. The molecule has 164 valence electrons. The predicted octanol–water partition coefficient (Wildman–Crippen LogP) is 5.88. The third-order valence-corrected chi connectivity index (χ3v) is 6.93. The number of nitrogens with zero attached hydrogens (tertiary/aromatic N) is 1. The second-order valence-corrected chi connectivity index (χ2v) is 9.32. The number of anilines is 1. The topological polar surface area (TPSA) is 84.2 Å². The van der Waals surface area contributed by atoms with Gasteiger partial charge in [0, 0.05) is 45.6 Å². The van der Waals surface area contributed by atoms with Crippen LogP contribution in [0.15, 0.2) is 62.7 Å². The molecule has 0 radical (unpaired) electrons. The minimum atomic E-state index is -0.349. The summed E-state index contributed by atoms with van der Waals surface area (Å²) in [5, 5.41) is 8.64. The minimum absolute atomic E-state index is 0.164. The van der Waals surface area contributed by atoms with Crippen LogP contribution in [0.4, 0.5) is 5.69 Å². The molecule has 6 nitrogen and oxygen atoms in total. The molecule has 0 aliphatic rings. The van der Waals surface area contributed by atoms with Gasteiger partial charge in [-0.15, -0.1) is 11.3 Å². The number of para-hydroxylation sites is 1. The summed E-state index contributed by atoms with van der Waals surface area (Å²) in [6.07, 6.45) is 0.857. The van der Waals surface area contributed by atoms with Crippen molar-refractivity contribution in [3.05, 3.63) is 76.5 Å². The molecule has 0 unspecified atom stereocenters. The second-order valence-electron chi connectivity index (χ2n) is 7.24. The van der Waals surface area contributed by atoms with E-state index in [1.54, 1.807) is 47.4 Å². The summed E-state index contributed by atoms with van der Waals surface area (Å²) in [5.74, 6) is 0.320. The first-order chi connectivity index (χ1) is 15.5. The lowest BCUT2D eigenvalue weighted by Crippen LogP contribution is -2.24. The monoisotopic (exact) mass is 465 g/mol. The van der Waals surface area contributed by atoms with Gasteiger partial charge < -0.3 is 15.1 Å². The van der Waals surface area contributed by atoms with Crippen LogP contribution in [0, 0.1) is 6.92 Å². The molecule has 2 N–H and O–H groups in total. The van der Waals surface area contributed by atoms with E-state index in [2.05, 4.69) is 15.6 Å². The highest BCUT2D eigenvalue weighted by Crippen LogP contribution is 2.33. The Morgan fingerprint density at radius 3 is 2.75 bits per heavy atom. The molecule has 32 heavy (non-hydrogen) atoms. The summed E-state index contributed by atoms with van der Waals surface area (Å²) in [6.45, 7) is 4.56. The van der Waals surface area contributed by atoms with Crippen LogP contribution in [0.1, 0.15) is 45.5 Å². The van der Waals surface area contributed by atoms with E-state index in [1.165, 1.54) is 0 Å². The largest absolute Gasteiger partial charge is 0.451 e. The number of carbonyl (C=O) groups excluding carboxylic acids is 2. The summed E-state index contributed by atoms with van der Waals surface area (Å²) in [4.78, 5) is 29.9. The van der Waals surface area contributed by atoms with E-state index in [0.29, 0.717) is 29.1 Å². The normalized spacial score (nSPS) is 10.9. The standard InChI is InChI=1S/C24H23N3O3S2/c1-3-11-25-22(28)16-7-6-8-17(12-16)27-23(29)21-19(14-32-24-26-15(2)13-31-24)18-9-4-5-10-20(18)30-21/h4-10,12-13H,3,11,14H2,1-2H3,(H,25,28)(H,27,29). The van der Waals surface area contributed by atoms with Gasteiger partial charge in [-0.05, 0) is 37.6 Å². The van der Waals surface area contributed by atoms with Gasteiger partial charge in [0.15, 0.2) is 5.76 Å². The van der Waals surface area contributed by atoms with Crippen molar-refractivity contribution < 1.29 is 14.0 Å². The number of furan rings is 1. The number of hydrogen-bond acceptors (Lipinski definition) is 6. The Bertz CT molecular complexity index is 1260. The number of amides is 2. The number of hydrogen-bond donors (Lipinski definition) is 2. The van der Waals surface area contributed by atoms with Gasteiger partial charge in [0.1, 0.15) is 9.92 Å². The van der Waals surface area contributed by atoms with Gasteiger partial charge in [0.25, 0.3) is 11.8 Å². The molecule has 2 heterocycles. The predicted molar refractivity (Wildman–Crippen MR) is 130 cm³/mol. The quantitative estimate of drug-likeness (QED) is 0.317. The maximum atomic E-state index is 13.1. The van der Waals surface area contributed by atoms with Gasteiger partial charge >= 0.3 is 0 Å². The number of aromatic nitrogens is 1. The number of thioether (sulfide) groups is 1. The van der Waals surface area contributed by atoms with Crippen molar-refractivity contribution in [1.82, 2.24) is 10.3 Å². The van der Waals surface area contributed by atoms with E-state index < -0.39 is 0 Å². The second kappa shape index (κ2) is 10.0. The third-order valence-electron chi connectivity index (χ3n) is 4.76. The van der Waals surface area contributed by atoms with Crippen LogP contribution in [-0.2, 0) is 5.75 Å². The molecule has 0 saturated heterocycles. The highest BCUT2D eigenvalue weighted by molar-refractivity contribution is 8.00. The van der Waals surface area contributed by atoms with Crippen LogP contribution >= 0.6 is 23.1 Å². The smallest absolute Gasteiger partial charge is 0.291 e. The zero-order valence-corrected chi connectivity index (χ0v) is 19.4. The molecule has 0 aliphatic heterocycles. The minimum Gasteiger partial charge on any atom is -0.451 e. The van der Waals surface area contributed by atoms with Crippen LogP contribution in [0.3, 0.4) is 0 Å². The fourth-order valence-electron chi connectivity index (χ4n) is 3.22. The lowest BCUT2D eigenvalue weighted by Gasteiger charge is -2.08. The zero-order valence-electron chi connectivity index (χ0n) is 17.8. The van der Waals surface area contributed by atoms with Crippen LogP contribution in [0.5, 0.6) is 0 Å². The number of carbonyl (C=O) groups is 2. The molecule has 2 amide bonds. The molecule has 8 heteroatoms. The molecule has 0 atom stereocenters. The van der Waals surface area contributed by atoms with E-state index in [0.717, 1.165) is 27.4 Å². The Morgan fingerprint density at radius 2 is 1.97 bits per heavy atom. The van der Waals surface area contributed by atoms with Gasteiger partial charge in [-0.2, -0.15) is 0 Å². The lowest BCUT2D eigenvalue weighted by atomic mass is 10.1. The Balaban J connectivity index is 1.57. The number of aryl methyl sites for hydroxylation is 1. The molecule has 0 aliphatic carbocycles. The maximum absolute atomic E-state index is 13.1. The highest BCUT2D eigenvalue weighted by Gasteiger charge is 2.21. The number of rotatable bonds is 8. The Hall–Kier alpha value is -3.10. The van der Waals surface area contributed by atoms with E-state index >= 15 is 0 Å². The Kier molecular flexibility index (Phi) is 6.92. The van der Waals surface area contributed by atoms with E-state index in [1.807, 2.05) is 43.5 Å². The average molecular weight is 466 g/mol. The summed E-state index contributed by atoms with van der Waals surface area (Å²) in [5.41, 5.74) is 3.50. The lowest BCUT2D eigenvalue weighted by molar-refractivity contribution is 0.0951. The Labute approximate surface area is 194 Å². The van der Waals surface area contributed by atoms with E-state index in [4.69, 9.17) is 4.42 Å². The molecule has 0 spiro atoms. The van der Waals surface area contributed by atoms with Crippen LogP contribution in [0.2, 0.25) is 0 Å². The molecule has 0 fully saturated rings. The average Bonchev–Trinajstić information content (AvgIpc) is 3.39. The van der Waals surface area contributed by atoms with Crippen molar-refractivity contribution in [1.29, 1.82) is 0 Å². The first-order valence-corrected chi connectivity index (χ1v) is 12.2. The van der Waals surface area contributed by atoms with Crippen LogP contribution in [-0.4, -0.2) is 23.3 Å². The molecular formula is C24H23N3O3S2. The van der Waals surface area contributed by atoms with Gasteiger partial charge in [-0.1, -0.05) is 43.0 Å². The first kappa shape index (κ1) is 22.1. The fourth-order valence-corrected chi connectivity index (χ4v) is 5.10. The summed E-state index contributed by atoms with van der Waals surface area (Å²) < 4.78 is 6.88.